The molecule has 0 saturated heterocycles. The molecule has 0 bridgehead atoms. The molecule has 0 fully saturated rings. The SMILES string of the molecule is CCCCCCc1ccc(C(CNCCc2ccc(C#N)cc2)C(=O)Nc2ccc(-c3cnn(C)c3)cn2)cc1. The van der Waals surface area contributed by atoms with Crippen LogP contribution in [0.1, 0.15) is 60.8 Å². The monoisotopic (exact) mass is 534 g/mol. The number of pyridine rings is 1. The third-order valence-electron chi connectivity index (χ3n) is 7.09. The first-order chi connectivity index (χ1) is 19.6. The molecule has 0 spiro atoms. The van der Waals surface area contributed by atoms with E-state index >= 15 is 0 Å². The van der Waals surface area contributed by atoms with Crippen LogP contribution in [0.3, 0.4) is 0 Å². The van der Waals surface area contributed by atoms with Crippen LogP contribution in [0.25, 0.3) is 11.1 Å². The number of amides is 1. The maximum atomic E-state index is 13.5. The van der Waals surface area contributed by atoms with Gasteiger partial charge in [0.15, 0.2) is 0 Å². The van der Waals surface area contributed by atoms with Crippen molar-refractivity contribution in [2.45, 2.75) is 51.4 Å². The topological polar surface area (TPSA) is 95.6 Å². The van der Waals surface area contributed by atoms with Gasteiger partial charge in [-0.15, -0.1) is 0 Å². The second-order valence-electron chi connectivity index (χ2n) is 10.2. The van der Waals surface area contributed by atoms with Crippen molar-refractivity contribution >= 4 is 11.7 Å². The van der Waals surface area contributed by atoms with Crippen molar-refractivity contribution in [3.63, 3.8) is 0 Å². The molecule has 0 radical (unpaired) electrons. The van der Waals surface area contributed by atoms with E-state index in [9.17, 15) is 4.79 Å². The molecule has 1 atom stereocenters. The van der Waals surface area contributed by atoms with Gasteiger partial charge in [0.2, 0.25) is 5.91 Å². The Hall–Kier alpha value is -4.28. The molecule has 0 aliphatic rings. The summed E-state index contributed by atoms with van der Waals surface area (Å²) in [5.74, 6) is 0.0610. The number of benzene rings is 2. The number of anilines is 1. The van der Waals surface area contributed by atoms with Crippen LogP contribution in [-0.2, 0) is 24.7 Å². The number of unbranched alkanes of at least 4 members (excludes halogenated alkanes) is 3. The van der Waals surface area contributed by atoms with Crippen molar-refractivity contribution in [1.82, 2.24) is 20.1 Å². The number of hydrogen-bond donors (Lipinski definition) is 2. The summed E-state index contributed by atoms with van der Waals surface area (Å²) in [7, 11) is 1.88. The lowest BCUT2D eigenvalue weighted by Crippen LogP contribution is -2.32. The van der Waals surface area contributed by atoms with Gasteiger partial charge in [-0.25, -0.2) is 4.98 Å². The van der Waals surface area contributed by atoms with E-state index in [0.717, 1.165) is 41.6 Å². The molecule has 0 saturated carbocycles. The van der Waals surface area contributed by atoms with Gasteiger partial charge in [0.05, 0.1) is 23.7 Å². The largest absolute Gasteiger partial charge is 0.315 e. The fraction of sp³-hybridized carbons (Fsp3) is 0.333. The number of nitriles is 1. The van der Waals surface area contributed by atoms with E-state index in [1.54, 1.807) is 17.1 Å². The smallest absolute Gasteiger partial charge is 0.234 e. The van der Waals surface area contributed by atoms with Crippen LogP contribution in [0, 0.1) is 11.3 Å². The van der Waals surface area contributed by atoms with Crippen molar-refractivity contribution in [2.24, 2.45) is 7.05 Å². The summed E-state index contributed by atoms with van der Waals surface area (Å²) in [5.41, 5.74) is 6.02. The highest BCUT2D eigenvalue weighted by Gasteiger charge is 2.21. The minimum Gasteiger partial charge on any atom is -0.315 e. The zero-order chi connectivity index (χ0) is 28.2. The number of nitrogens with zero attached hydrogens (tertiary/aromatic N) is 4. The normalized spacial score (nSPS) is 11.6. The first-order valence-corrected chi connectivity index (χ1v) is 14.1. The van der Waals surface area contributed by atoms with Gasteiger partial charge in [0, 0.05) is 37.1 Å². The highest BCUT2D eigenvalue weighted by molar-refractivity contribution is 5.95. The maximum Gasteiger partial charge on any atom is 0.234 e. The molecule has 1 amide bonds. The number of carbonyl (C=O) groups is 1. The number of carbonyl (C=O) groups excluding carboxylic acids is 1. The number of aromatic nitrogens is 3. The third-order valence-corrected chi connectivity index (χ3v) is 7.09. The molecule has 7 nitrogen and oxygen atoms in total. The van der Waals surface area contributed by atoms with E-state index < -0.39 is 0 Å². The van der Waals surface area contributed by atoms with Crippen LogP contribution >= 0.6 is 0 Å². The van der Waals surface area contributed by atoms with Crippen LogP contribution < -0.4 is 10.6 Å². The standard InChI is InChI=1S/C33H38N6O/c1-3-4-5-6-7-25-12-14-28(15-13-25)31(23-35-19-18-26-8-10-27(20-34)11-9-26)33(40)38-32-17-16-29(21-36-32)30-22-37-39(2)24-30/h8-17,21-22,24,31,35H,3-7,18-19,23H2,1-2H3,(H,36,38,40). The molecule has 7 heteroatoms. The fourth-order valence-corrected chi connectivity index (χ4v) is 4.68. The second-order valence-corrected chi connectivity index (χ2v) is 10.2. The lowest BCUT2D eigenvalue weighted by atomic mass is 9.95. The number of hydrogen-bond acceptors (Lipinski definition) is 5. The lowest BCUT2D eigenvalue weighted by Gasteiger charge is -2.18. The summed E-state index contributed by atoms with van der Waals surface area (Å²) < 4.78 is 1.75. The first kappa shape index (κ1) is 28.7. The zero-order valence-electron chi connectivity index (χ0n) is 23.4. The molecule has 4 aromatic rings. The molecule has 1 unspecified atom stereocenters. The zero-order valence-corrected chi connectivity index (χ0v) is 23.4. The Morgan fingerprint density at radius 2 is 1.68 bits per heavy atom. The molecule has 2 aromatic heterocycles. The van der Waals surface area contributed by atoms with Crippen LogP contribution in [-0.4, -0.2) is 33.8 Å². The summed E-state index contributed by atoms with van der Waals surface area (Å²) >= 11 is 0. The summed E-state index contributed by atoms with van der Waals surface area (Å²) in [5, 5.41) is 19.7. The van der Waals surface area contributed by atoms with Gasteiger partial charge in [-0.3, -0.25) is 9.48 Å². The van der Waals surface area contributed by atoms with Gasteiger partial charge in [0.1, 0.15) is 5.82 Å². The summed E-state index contributed by atoms with van der Waals surface area (Å²) in [6, 6.07) is 22.0. The predicted molar refractivity (Wildman–Crippen MR) is 160 cm³/mol. The molecule has 2 heterocycles. The van der Waals surface area contributed by atoms with Gasteiger partial charge in [-0.05, 0) is 66.8 Å². The minimum absolute atomic E-state index is 0.0943. The van der Waals surface area contributed by atoms with Crippen LogP contribution in [0.15, 0.2) is 79.3 Å². The van der Waals surface area contributed by atoms with E-state index in [-0.39, 0.29) is 11.8 Å². The average Bonchev–Trinajstić information content (AvgIpc) is 3.42. The Kier molecular flexibility index (Phi) is 10.6. The first-order valence-electron chi connectivity index (χ1n) is 14.1. The minimum atomic E-state index is -0.366. The molecule has 0 aliphatic heterocycles. The third kappa shape index (κ3) is 8.36. The summed E-state index contributed by atoms with van der Waals surface area (Å²) in [4.78, 5) is 18.0. The maximum absolute atomic E-state index is 13.5. The Morgan fingerprint density at radius 3 is 2.33 bits per heavy atom. The fourth-order valence-electron chi connectivity index (χ4n) is 4.68. The Morgan fingerprint density at radius 1 is 0.925 bits per heavy atom. The molecule has 4 rings (SSSR count). The van der Waals surface area contributed by atoms with Gasteiger partial charge in [-0.2, -0.15) is 10.4 Å². The van der Waals surface area contributed by atoms with Crippen molar-refractivity contribution < 1.29 is 4.79 Å². The van der Waals surface area contributed by atoms with Gasteiger partial charge < -0.3 is 10.6 Å². The van der Waals surface area contributed by atoms with E-state index in [0.29, 0.717) is 17.9 Å². The van der Waals surface area contributed by atoms with E-state index in [4.69, 9.17) is 5.26 Å². The number of aryl methyl sites for hydroxylation is 2. The van der Waals surface area contributed by atoms with Crippen molar-refractivity contribution in [3.8, 4) is 17.2 Å². The highest BCUT2D eigenvalue weighted by Crippen LogP contribution is 2.22. The van der Waals surface area contributed by atoms with Crippen LogP contribution in [0.4, 0.5) is 5.82 Å². The van der Waals surface area contributed by atoms with Gasteiger partial charge in [0.25, 0.3) is 0 Å². The van der Waals surface area contributed by atoms with E-state index in [1.807, 2.05) is 49.6 Å². The van der Waals surface area contributed by atoms with Crippen LogP contribution in [0.2, 0.25) is 0 Å². The van der Waals surface area contributed by atoms with E-state index in [2.05, 4.69) is 58.0 Å². The second kappa shape index (κ2) is 14.8. The summed E-state index contributed by atoms with van der Waals surface area (Å²) in [6.45, 7) is 3.46. The number of rotatable bonds is 14. The number of nitrogens with one attached hydrogen (secondary N) is 2. The van der Waals surface area contributed by atoms with Crippen LogP contribution in [0.5, 0.6) is 0 Å². The molecule has 2 aromatic carbocycles. The molecular formula is C33H38N6O. The highest BCUT2D eigenvalue weighted by atomic mass is 16.2. The predicted octanol–water partition coefficient (Wildman–Crippen LogP) is 6.03. The average molecular weight is 535 g/mol. The molecular weight excluding hydrogens is 496 g/mol. The van der Waals surface area contributed by atoms with E-state index in [1.165, 1.54) is 31.2 Å². The molecule has 2 N–H and O–H groups in total. The van der Waals surface area contributed by atoms with Gasteiger partial charge >= 0.3 is 0 Å². The molecule has 0 aliphatic carbocycles. The van der Waals surface area contributed by atoms with Gasteiger partial charge in [-0.1, -0.05) is 62.6 Å². The molecule has 40 heavy (non-hydrogen) atoms. The van der Waals surface area contributed by atoms with Crippen molar-refractivity contribution in [1.29, 1.82) is 5.26 Å². The summed E-state index contributed by atoms with van der Waals surface area (Å²) in [6.07, 6.45) is 12.3. The molecule has 206 valence electrons. The van der Waals surface area contributed by atoms with Crippen molar-refractivity contribution in [3.05, 3.63) is 102 Å². The Balaban J connectivity index is 1.40. The van der Waals surface area contributed by atoms with Crippen molar-refractivity contribution in [2.75, 3.05) is 18.4 Å². The Bertz CT molecular complexity index is 1380. The Labute approximate surface area is 237 Å². The quantitative estimate of drug-likeness (QED) is 0.193. The lowest BCUT2D eigenvalue weighted by molar-refractivity contribution is -0.117.